The van der Waals surface area contributed by atoms with Gasteiger partial charge in [-0.25, -0.2) is 9.97 Å². The number of hydrogen-bond donors (Lipinski definition) is 2. The predicted octanol–water partition coefficient (Wildman–Crippen LogP) is 4.19. The first-order valence-electron chi connectivity index (χ1n) is 8.25. The third-order valence-corrected chi connectivity index (χ3v) is 3.84. The number of nitrogens with zero attached hydrogens (tertiary/aromatic N) is 2. The lowest BCUT2D eigenvalue weighted by Crippen LogP contribution is -2.07. The Morgan fingerprint density at radius 2 is 1.76 bits per heavy atom. The van der Waals surface area contributed by atoms with Crippen LogP contribution < -0.4 is 15.4 Å². The molecule has 3 rings (SSSR count). The Kier molecular flexibility index (Phi) is 5.46. The van der Waals surface area contributed by atoms with E-state index in [2.05, 4.69) is 51.8 Å². The second-order valence-electron chi connectivity index (χ2n) is 5.81. The molecule has 2 aromatic carbocycles. The molecule has 0 atom stereocenters. The normalized spacial score (nSPS) is 10.3. The van der Waals surface area contributed by atoms with Crippen LogP contribution in [0.5, 0.6) is 5.75 Å². The Labute approximate surface area is 148 Å². The first-order chi connectivity index (χ1) is 12.2. The zero-order chi connectivity index (χ0) is 17.5. The van der Waals surface area contributed by atoms with Crippen LogP contribution in [0, 0.1) is 6.92 Å². The van der Waals surface area contributed by atoms with Crippen LogP contribution in [0.3, 0.4) is 0 Å². The summed E-state index contributed by atoms with van der Waals surface area (Å²) in [7, 11) is 1.67. The molecule has 0 aliphatic heterocycles. The van der Waals surface area contributed by atoms with Crippen LogP contribution in [0.2, 0.25) is 0 Å². The van der Waals surface area contributed by atoms with Gasteiger partial charge < -0.3 is 15.4 Å². The van der Waals surface area contributed by atoms with E-state index in [4.69, 9.17) is 4.74 Å². The third kappa shape index (κ3) is 4.94. The minimum Gasteiger partial charge on any atom is -0.497 e. The molecule has 5 nitrogen and oxygen atoms in total. The van der Waals surface area contributed by atoms with Crippen molar-refractivity contribution in [3.63, 3.8) is 0 Å². The second kappa shape index (κ2) is 8.15. The molecule has 0 aliphatic carbocycles. The molecular formula is C20H22N4O. The second-order valence-corrected chi connectivity index (χ2v) is 5.81. The van der Waals surface area contributed by atoms with E-state index in [9.17, 15) is 0 Å². The molecule has 0 radical (unpaired) electrons. The summed E-state index contributed by atoms with van der Waals surface area (Å²) in [6.45, 7) is 2.87. The van der Waals surface area contributed by atoms with E-state index in [1.807, 2.05) is 30.3 Å². The molecule has 0 fully saturated rings. The summed E-state index contributed by atoms with van der Waals surface area (Å²) >= 11 is 0. The molecule has 0 amide bonds. The van der Waals surface area contributed by atoms with Crippen LogP contribution in [-0.4, -0.2) is 23.6 Å². The number of aromatic nitrogens is 2. The lowest BCUT2D eigenvalue weighted by molar-refractivity contribution is 0.414. The summed E-state index contributed by atoms with van der Waals surface area (Å²) in [5.74, 6) is 2.45. The highest BCUT2D eigenvalue weighted by molar-refractivity contribution is 5.59. The van der Waals surface area contributed by atoms with Crippen LogP contribution in [0.4, 0.5) is 17.3 Å². The zero-order valence-corrected chi connectivity index (χ0v) is 14.5. The van der Waals surface area contributed by atoms with E-state index in [1.54, 1.807) is 13.4 Å². The van der Waals surface area contributed by atoms with Gasteiger partial charge in [0.1, 0.15) is 23.7 Å². The third-order valence-electron chi connectivity index (χ3n) is 3.84. The largest absolute Gasteiger partial charge is 0.497 e. The van der Waals surface area contributed by atoms with Gasteiger partial charge >= 0.3 is 0 Å². The van der Waals surface area contributed by atoms with Crippen LogP contribution in [0.25, 0.3) is 0 Å². The fourth-order valence-corrected chi connectivity index (χ4v) is 2.52. The van der Waals surface area contributed by atoms with Gasteiger partial charge in [-0.2, -0.15) is 0 Å². The Balaban J connectivity index is 1.56. The van der Waals surface area contributed by atoms with Crippen LogP contribution >= 0.6 is 0 Å². The van der Waals surface area contributed by atoms with Crippen molar-refractivity contribution < 1.29 is 4.74 Å². The molecule has 0 saturated heterocycles. The van der Waals surface area contributed by atoms with Crippen molar-refractivity contribution in [2.45, 2.75) is 13.3 Å². The van der Waals surface area contributed by atoms with Gasteiger partial charge in [0.25, 0.3) is 0 Å². The van der Waals surface area contributed by atoms with Crippen molar-refractivity contribution in [3.8, 4) is 5.75 Å². The molecule has 2 N–H and O–H groups in total. The van der Waals surface area contributed by atoms with Gasteiger partial charge in [0.05, 0.1) is 7.11 Å². The van der Waals surface area contributed by atoms with E-state index in [0.717, 1.165) is 36.0 Å². The molecular weight excluding hydrogens is 312 g/mol. The van der Waals surface area contributed by atoms with E-state index < -0.39 is 0 Å². The van der Waals surface area contributed by atoms with Gasteiger partial charge in [0.15, 0.2) is 0 Å². The smallest absolute Gasteiger partial charge is 0.135 e. The summed E-state index contributed by atoms with van der Waals surface area (Å²) in [5, 5.41) is 6.64. The minimum atomic E-state index is 0.771. The first kappa shape index (κ1) is 16.8. The molecule has 128 valence electrons. The molecule has 0 aliphatic rings. The van der Waals surface area contributed by atoms with Crippen LogP contribution in [-0.2, 0) is 6.42 Å². The lowest BCUT2D eigenvalue weighted by atomic mass is 10.1. The van der Waals surface area contributed by atoms with Gasteiger partial charge in [0, 0.05) is 18.3 Å². The first-order valence-corrected chi connectivity index (χ1v) is 8.25. The fraction of sp³-hybridized carbons (Fsp3) is 0.200. The highest BCUT2D eigenvalue weighted by atomic mass is 16.5. The average Bonchev–Trinajstić information content (AvgIpc) is 2.63. The Bertz CT molecular complexity index is 818. The summed E-state index contributed by atoms with van der Waals surface area (Å²) in [6, 6.07) is 18.2. The minimum absolute atomic E-state index is 0.771. The molecule has 1 aromatic heterocycles. The maximum Gasteiger partial charge on any atom is 0.135 e. The number of anilines is 3. The Hall–Kier alpha value is -3.08. The molecule has 0 bridgehead atoms. The summed E-state index contributed by atoms with van der Waals surface area (Å²) < 4.78 is 5.17. The summed E-state index contributed by atoms with van der Waals surface area (Å²) in [6.07, 6.45) is 2.47. The van der Waals surface area contributed by atoms with Gasteiger partial charge in [0.2, 0.25) is 0 Å². The zero-order valence-electron chi connectivity index (χ0n) is 14.5. The average molecular weight is 334 g/mol. The molecule has 1 heterocycles. The predicted molar refractivity (Wildman–Crippen MR) is 102 cm³/mol. The lowest BCUT2D eigenvalue weighted by Gasteiger charge is -2.09. The van der Waals surface area contributed by atoms with Crippen molar-refractivity contribution >= 4 is 17.3 Å². The molecule has 0 saturated carbocycles. The maximum absolute atomic E-state index is 5.17. The van der Waals surface area contributed by atoms with Gasteiger partial charge in [-0.05, 0) is 48.7 Å². The van der Waals surface area contributed by atoms with E-state index in [0.29, 0.717) is 0 Å². The van der Waals surface area contributed by atoms with Gasteiger partial charge in [-0.15, -0.1) is 0 Å². The number of methoxy groups -OCH3 is 1. The maximum atomic E-state index is 5.17. The Morgan fingerprint density at radius 1 is 0.960 bits per heavy atom. The molecule has 3 aromatic rings. The number of nitrogens with one attached hydrogen (secondary N) is 2. The highest BCUT2D eigenvalue weighted by Gasteiger charge is 2.01. The van der Waals surface area contributed by atoms with Crippen LogP contribution in [0.15, 0.2) is 60.9 Å². The topological polar surface area (TPSA) is 59.1 Å². The number of hydrogen-bond acceptors (Lipinski definition) is 5. The van der Waals surface area contributed by atoms with Crippen molar-refractivity contribution in [1.82, 2.24) is 9.97 Å². The number of benzene rings is 2. The highest BCUT2D eigenvalue weighted by Crippen LogP contribution is 2.17. The Morgan fingerprint density at radius 3 is 2.52 bits per heavy atom. The fourth-order valence-electron chi connectivity index (χ4n) is 2.52. The standard InChI is InChI=1S/C20H22N4O/c1-15-4-3-5-17(12-15)24-20-13-19(22-14-23-20)21-11-10-16-6-8-18(25-2)9-7-16/h3-9,12-14H,10-11H2,1-2H3,(H2,21,22,23,24). The quantitative estimate of drug-likeness (QED) is 0.678. The van der Waals surface area contributed by atoms with Gasteiger partial charge in [-0.3, -0.25) is 0 Å². The molecule has 0 spiro atoms. The van der Waals surface area contributed by atoms with E-state index in [-0.39, 0.29) is 0 Å². The van der Waals surface area contributed by atoms with Crippen molar-refractivity contribution in [2.24, 2.45) is 0 Å². The summed E-state index contributed by atoms with van der Waals surface area (Å²) in [5.41, 5.74) is 3.47. The van der Waals surface area contributed by atoms with Crippen molar-refractivity contribution in [1.29, 1.82) is 0 Å². The van der Waals surface area contributed by atoms with E-state index in [1.165, 1.54) is 11.1 Å². The molecule has 25 heavy (non-hydrogen) atoms. The van der Waals surface area contributed by atoms with Crippen molar-refractivity contribution in [3.05, 3.63) is 72.1 Å². The van der Waals surface area contributed by atoms with Crippen molar-refractivity contribution in [2.75, 3.05) is 24.3 Å². The number of aryl methyl sites for hydroxylation is 1. The van der Waals surface area contributed by atoms with Crippen LogP contribution in [0.1, 0.15) is 11.1 Å². The number of ether oxygens (including phenoxy) is 1. The molecule has 0 unspecified atom stereocenters. The van der Waals surface area contributed by atoms with E-state index >= 15 is 0 Å². The molecule has 5 heteroatoms. The van der Waals surface area contributed by atoms with Gasteiger partial charge in [-0.1, -0.05) is 24.3 Å². The number of rotatable bonds is 7. The summed E-state index contributed by atoms with van der Waals surface area (Å²) in [4.78, 5) is 8.55. The monoisotopic (exact) mass is 334 g/mol. The SMILES string of the molecule is COc1ccc(CCNc2cc(Nc3cccc(C)c3)ncn2)cc1.